The number of benzene rings is 2. The average molecular weight is 354 g/mol. The lowest BCUT2D eigenvalue weighted by Crippen LogP contribution is -1.96. The van der Waals surface area contributed by atoms with Crippen molar-refractivity contribution < 1.29 is 9.84 Å². The summed E-state index contributed by atoms with van der Waals surface area (Å²) in [6.45, 7) is 5.03. The van der Waals surface area contributed by atoms with Gasteiger partial charge in [0.15, 0.2) is 0 Å². The van der Waals surface area contributed by atoms with Crippen LogP contribution in [0.2, 0.25) is 0 Å². The van der Waals surface area contributed by atoms with Crippen LogP contribution in [-0.4, -0.2) is 17.9 Å². The maximum Gasteiger partial charge on any atom is 0.128 e. The molecule has 0 amide bonds. The highest BCUT2D eigenvalue weighted by molar-refractivity contribution is 5.85. The van der Waals surface area contributed by atoms with Crippen molar-refractivity contribution in [1.29, 1.82) is 0 Å². The van der Waals surface area contributed by atoms with Crippen molar-refractivity contribution in [3.05, 3.63) is 53.6 Å². The number of phenols is 1. The molecule has 0 unspecified atom stereocenters. The van der Waals surface area contributed by atoms with Gasteiger partial charge in [-0.1, -0.05) is 51.7 Å². The molecule has 0 saturated carbocycles. The van der Waals surface area contributed by atoms with Crippen molar-refractivity contribution in [2.75, 3.05) is 6.61 Å². The Kier molecular flexibility index (Phi) is 8.74. The van der Waals surface area contributed by atoms with Gasteiger partial charge in [-0.05, 0) is 49.1 Å². The molecular weight excluding hydrogens is 322 g/mol. The number of rotatable bonds is 11. The number of aryl methyl sites for hydroxylation is 1. The van der Waals surface area contributed by atoms with Crippen molar-refractivity contribution in [3.8, 4) is 11.5 Å². The lowest BCUT2D eigenvalue weighted by atomic mass is 10.1. The molecule has 1 N–H and O–H groups in total. The zero-order valence-corrected chi connectivity index (χ0v) is 16.1. The second-order valence-corrected chi connectivity index (χ2v) is 6.66. The maximum absolute atomic E-state index is 10.1. The van der Waals surface area contributed by atoms with Gasteiger partial charge < -0.3 is 9.84 Å². The standard InChI is InChI=1S/C23H31NO2/c1-3-5-7-8-9-19-10-13-21(14-11-19)24-18-20-12-15-22(17-23(20)25)26-16-6-4-2/h10-15,17-18,25H,3-9,16H2,1-2H3. The zero-order chi connectivity index (χ0) is 18.6. The minimum absolute atomic E-state index is 0.190. The third-order valence-corrected chi connectivity index (χ3v) is 4.38. The van der Waals surface area contributed by atoms with Crippen molar-refractivity contribution >= 4 is 11.9 Å². The highest BCUT2D eigenvalue weighted by Gasteiger charge is 2.02. The highest BCUT2D eigenvalue weighted by atomic mass is 16.5. The average Bonchev–Trinajstić information content (AvgIpc) is 2.66. The minimum Gasteiger partial charge on any atom is -0.507 e. The molecule has 0 saturated heterocycles. The van der Waals surface area contributed by atoms with Crippen molar-refractivity contribution in [2.24, 2.45) is 4.99 Å². The molecule has 0 radical (unpaired) electrons. The Morgan fingerprint density at radius 3 is 2.38 bits per heavy atom. The van der Waals surface area contributed by atoms with Gasteiger partial charge in [0.05, 0.1) is 12.3 Å². The normalized spacial score (nSPS) is 11.2. The monoisotopic (exact) mass is 353 g/mol. The molecule has 2 aromatic carbocycles. The first-order valence-electron chi connectivity index (χ1n) is 9.81. The van der Waals surface area contributed by atoms with Gasteiger partial charge in [-0.15, -0.1) is 0 Å². The van der Waals surface area contributed by atoms with E-state index in [-0.39, 0.29) is 5.75 Å². The Balaban J connectivity index is 1.90. The molecule has 0 aromatic heterocycles. The van der Waals surface area contributed by atoms with Crippen LogP contribution in [0, 0.1) is 0 Å². The summed E-state index contributed by atoms with van der Waals surface area (Å²) in [7, 11) is 0. The summed E-state index contributed by atoms with van der Waals surface area (Å²) < 4.78 is 5.60. The van der Waals surface area contributed by atoms with E-state index in [4.69, 9.17) is 4.74 Å². The predicted molar refractivity (Wildman–Crippen MR) is 110 cm³/mol. The molecule has 140 valence electrons. The van der Waals surface area contributed by atoms with Crippen LogP contribution in [0.5, 0.6) is 11.5 Å². The first-order valence-corrected chi connectivity index (χ1v) is 9.81. The molecule has 3 heteroatoms. The summed E-state index contributed by atoms with van der Waals surface area (Å²) in [5.74, 6) is 0.885. The van der Waals surface area contributed by atoms with Crippen molar-refractivity contribution in [1.82, 2.24) is 0 Å². The molecule has 0 heterocycles. The van der Waals surface area contributed by atoms with Gasteiger partial charge in [0.25, 0.3) is 0 Å². The molecule has 0 aliphatic carbocycles. The fraction of sp³-hybridized carbons (Fsp3) is 0.435. The van der Waals surface area contributed by atoms with Crippen LogP contribution in [0.25, 0.3) is 0 Å². The maximum atomic E-state index is 10.1. The predicted octanol–water partition coefficient (Wildman–Crippen LogP) is 6.44. The number of hydrogen-bond donors (Lipinski definition) is 1. The molecule has 0 aliphatic heterocycles. The molecule has 3 nitrogen and oxygen atoms in total. The fourth-order valence-electron chi connectivity index (χ4n) is 2.71. The quantitative estimate of drug-likeness (QED) is 0.373. The van der Waals surface area contributed by atoms with E-state index < -0.39 is 0 Å². The van der Waals surface area contributed by atoms with E-state index in [1.807, 2.05) is 24.3 Å². The summed E-state index contributed by atoms with van der Waals surface area (Å²) in [6, 6.07) is 13.7. The third kappa shape index (κ3) is 6.91. The van der Waals surface area contributed by atoms with Gasteiger partial charge >= 0.3 is 0 Å². The van der Waals surface area contributed by atoms with Crippen molar-refractivity contribution in [2.45, 2.75) is 58.8 Å². The fourth-order valence-corrected chi connectivity index (χ4v) is 2.71. The van der Waals surface area contributed by atoms with Gasteiger partial charge in [-0.2, -0.15) is 0 Å². The van der Waals surface area contributed by atoms with Crippen LogP contribution < -0.4 is 4.74 Å². The first-order chi connectivity index (χ1) is 12.7. The minimum atomic E-state index is 0.190. The van der Waals surface area contributed by atoms with Gasteiger partial charge in [-0.25, -0.2) is 0 Å². The Labute approximate surface area is 157 Å². The molecule has 0 atom stereocenters. The topological polar surface area (TPSA) is 41.8 Å². The second-order valence-electron chi connectivity index (χ2n) is 6.66. The Morgan fingerprint density at radius 2 is 1.69 bits per heavy atom. The largest absolute Gasteiger partial charge is 0.507 e. The van der Waals surface area contributed by atoms with E-state index in [1.54, 1.807) is 12.3 Å². The van der Waals surface area contributed by atoms with E-state index in [0.717, 1.165) is 24.9 Å². The van der Waals surface area contributed by atoms with Crippen LogP contribution in [-0.2, 0) is 6.42 Å². The van der Waals surface area contributed by atoms with Gasteiger partial charge in [0, 0.05) is 17.8 Å². The third-order valence-electron chi connectivity index (χ3n) is 4.38. The highest BCUT2D eigenvalue weighted by Crippen LogP contribution is 2.23. The lowest BCUT2D eigenvalue weighted by molar-refractivity contribution is 0.307. The van der Waals surface area contributed by atoms with Crippen LogP contribution >= 0.6 is 0 Å². The van der Waals surface area contributed by atoms with E-state index in [1.165, 1.54) is 31.2 Å². The van der Waals surface area contributed by atoms with Crippen molar-refractivity contribution in [3.63, 3.8) is 0 Å². The van der Waals surface area contributed by atoms with E-state index >= 15 is 0 Å². The molecule has 26 heavy (non-hydrogen) atoms. The van der Waals surface area contributed by atoms with Crippen LogP contribution in [0.3, 0.4) is 0 Å². The Hall–Kier alpha value is -2.29. The van der Waals surface area contributed by atoms with Crippen LogP contribution in [0.1, 0.15) is 63.5 Å². The molecule has 0 bridgehead atoms. The first kappa shape index (κ1) is 20.0. The number of aliphatic imine (C=N–C) groups is 1. The van der Waals surface area contributed by atoms with Gasteiger partial charge in [0.2, 0.25) is 0 Å². The number of hydrogen-bond acceptors (Lipinski definition) is 3. The van der Waals surface area contributed by atoms with E-state index in [9.17, 15) is 5.11 Å². The second kappa shape index (κ2) is 11.3. The Morgan fingerprint density at radius 1 is 0.923 bits per heavy atom. The SMILES string of the molecule is CCCCCCc1ccc(N=Cc2ccc(OCCCC)cc2O)cc1. The zero-order valence-electron chi connectivity index (χ0n) is 16.1. The Bertz CT molecular complexity index is 677. The molecule has 2 rings (SSSR count). The molecular formula is C23H31NO2. The summed E-state index contributed by atoms with van der Waals surface area (Å²) in [5, 5.41) is 10.1. The summed E-state index contributed by atoms with van der Waals surface area (Å²) in [4.78, 5) is 4.47. The van der Waals surface area contributed by atoms with Crippen LogP contribution in [0.15, 0.2) is 47.5 Å². The molecule has 0 spiro atoms. The van der Waals surface area contributed by atoms with E-state index in [2.05, 4.69) is 31.0 Å². The number of phenolic OH excluding ortho intramolecular Hbond substituents is 1. The summed E-state index contributed by atoms with van der Waals surface area (Å²) in [5.41, 5.74) is 2.94. The summed E-state index contributed by atoms with van der Waals surface area (Å²) >= 11 is 0. The number of unbranched alkanes of at least 4 members (excludes halogenated alkanes) is 4. The van der Waals surface area contributed by atoms with Crippen LogP contribution in [0.4, 0.5) is 5.69 Å². The summed E-state index contributed by atoms with van der Waals surface area (Å²) in [6.07, 6.45) is 10.1. The smallest absolute Gasteiger partial charge is 0.128 e. The molecule has 0 fully saturated rings. The number of nitrogens with zero attached hydrogens (tertiary/aromatic N) is 1. The van der Waals surface area contributed by atoms with Gasteiger partial charge in [0.1, 0.15) is 11.5 Å². The number of aromatic hydroxyl groups is 1. The molecule has 0 aliphatic rings. The van der Waals surface area contributed by atoms with Gasteiger partial charge in [-0.3, -0.25) is 4.99 Å². The molecule has 2 aromatic rings. The lowest BCUT2D eigenvalue weighted by Gasteiger charge is -2.07. The van der Waals surface area contributed by atoms with E-state index in [0.29, 0.717) is 17.9 Å². The number of ether oxygens (including phenoxy) is 1.